The molecule has 0 aliphatic carbocycles. The van der Waals surface area contributed by atoms with Crippen LogP contribution in [0, 0.1) is 10.1 Å². The van der Waals surface area contributed by atoms with Crippen LogP contribution in [0.1, 0.15) is 20.7 Å². The van der Waals surface area contributed by atoms with E-state index in [0.717, 1.165) is 29.2 Å². The van der Waals surface area contributed by atoms with Crippen LogP contribution < -0.4 is 11.1 Å². The van der Waals surface area contributed by atoms with Gasteiger partial charge in [-0.1, -0.05) is 11.3 Å². The van der Waals surface area contributed by atoms with Crippen LogP contribution in [-0.4, -0.2) is 26.9 Å². The Hall–Kier alpha value is -2.53. The zero-order valence-corrected chi connectivity index (χ0v) is 11.7. The Balaban J connectivity index is 2.10. The van der Waals surface area contributed by atoms with E-state index < -0.39 is 16.7 Å². The molecule has 1 aliphatic heterocycles. The number of hydrogen-bond donors (Lipinski definition) is 2. The summed E-state index contributed by atoms with van der Waals surface area (Å²) in [6.07, 6.45) is 0. The quantitative estimate of drug-likeness (QED) is 0.485. The first kappa shape index (κ1) is 13.5. The number of rotatable bonds is 3. The summed E-state index contributed by atoms with van der Waals surface area (Å²) in [5.74, 6) is -1.22. The highest BCUT2D eigenvalue weighted by Crippen LogP contribution is 2.39. The summed E-state index contributed by atoms with van der Waals surface area (Å²) in [5, 5.41) is 20.8. The predicted octanol–water partition coefficient (Wildman–Crippen LogP) is 1.06. The number of carbonyl (C=O) groups is 2. The lowest BCUT2D eigenvalue weighted by Crippen LogP contribution is -2.19. The van der Waals surface area contributed by atoms with Crippen LogP contribution in [-0.2, 0) is 0 Å². The minimum absolute atomic E-state index is 0.00664. The fourth-order valence-electron chi connectivity index (χ4n) is 1.76. The Morgan fingerprint density at radius 3 is 2.48 bits per heavy atom. The molecule has 3 N–H and O–H groups in total. The van der Waals surface area contributed by atoms with Gasteiger partial charge >= 0.3 is 0 Å². The molecular formula is C10H5N5O4S2. The van der Waals surface area contributed by atoms with Gasteiger partial charge in [-0.25, -0.2) is 0 Å². The van der Waals surface area contributed by atoms with Crippen molar-refractivity contribution < 1.29 is 14.5 Å². The van der Waals surface area contributed by atoms with E-state index in [0.29, 0.717) is 4.34 Å². The highest BCUT2D eigenvalue weighted by Gasteiger charge is 2.31. The molecule has 21 heavy (non-hydrogen) atoms. The van der Waals surface area contributed by atoms with E-state index in [1.165, 1.54) is 6.07 Å². The lowest BCUT2D eigenvalue weighted by Gasteiger charge is -2.02. The number of hydrogen-bond acceptors (Lipinski definition) is 9. The second-order valence-electron chi connectivity index (χ2n) is 3.91. The molecule has 1 aromatic heterocycles. The number of nitro benzene ring substituents is 1. The molecule has 0 fully saturated rings. The van der Waals surface area contributed by atoms with Crippen molar-refractivity contribution in [2.75, 3.05) is 5.73 Å². The third kappa shape index (κ3) is 2.32. The largest absolute Gasteiger partial charge is 0.374 e. The fraction of sp³-hybridized carbons (Fsp3) is 0. The first-order valence-electron chi connectivity index (χ1n) is 5.40. The highest BCUT2D eigenvalue weighted by atomic mass is 32.2. The maximum absolute atomic E-state index is 11.6. The van der Waals surface area contributed by atoms with E-state index in [4.69, 9.17) is 5.73 Å². The monoisotopic (exact) mass is 323 g/mol. The summed E-state index contributed by atoms with van der Waals surface area (Å²) in [6.45, 7) is 0. The van der Waals surface area contributed by atoms with Gasteiger partial charge in [0.15, 0.2) is 4.34 Å². The Bertz CT molecular complexity index is 803. The van der Waals surface area contributed by atoms with E-state index >= 15 is 0 Å². The molecule has 0 spiro atoms. The van der Waals surface area contributed by atoms with Gasteiger partial charge in [-0.05, 0) is 17.8 Å². The molecule has 0 unspecified atom stereocenters. The topological polar surface area (TPSA) is 141 Å². The van der Waals surface area contributed by atoms with Gasteiger partial charge in [0.1, 0.15) is 0 Å². The van der Waals surface area contributed by atoms with Gasteiger partial charge in [0.05, 0.1) is 20.9 Å². The molecular weight excluding hydrogens is 318 g/mol. The number of nitrogens with two attached hydrogens (primary N) is 1. The van der Waals surface area contributed by atoms with Crippen LogP contribution in [0.4, 0.5) is 10.8 Å². The number of imide groups is 1. The van der Waals surface area contributed by atoms with Crippen molar-refractivity contribution in [1.29, 1.82) is 0 Å². The maximum Gasteiger partial charge on any atom is 0.284 e. The molecule has 2 aromatic rings. The molecule has 106 valence electrons. The Labute approximate surface area is 124 Å². The maximum atomic E-state index is 11.6. The summed E-state index contributed by atoms with van der Waals surface area (Å²) in [6, 6.07) is 2.39. The number of nitrogen functional groups attached to an aromatic ring is 1. The number of aromatic nitrogens is 2. The molecule has 9 nitrogen and oxygen atoms in total. The molecule has 0 saturated carbocycles. The molecule has 0 radical (unpaired) electrons. The third-order valence-electron chi connectivity index (χ3n) is 2.63. The summed E-state index contributed by atoms with van der Waals surface area (Å²) < 4.78 is 0.403. The number of carbonyl (C=O) groups excluding carboxylic acids is 2. The minimum atomic E-state index is -0.644. The van der Waals surface area contributed by atoms with Crippen LogP contribution in [0.2, 0.25) is 0 Å². The Kier molecular flexibility index (Phi) is 3.07. The van der Waals surface area contributed by atoms with E-state index in [1.807, 2.05) is 0 Å². The second kappa shape index (κ2) is 4.79. The van der Waals surface area contributed by atoms with Gasteiger partial charge in [0.2, 0.25) is 5.13 Å². The van der Waals surface area contributed by atoms with Gasteiger partial charge < -0.3 is 5.73 Å². The second-order valence-corrected chi connectivity index (χ2v) is 6.21. The lowest BCUT2D eigenvalue weighted by atomic mass is 10.1. The van der Waals surface area contributed by atoms with Gasteiger partial charge in [0.25, 0.3) is 17.5 Å². The Morgan fingerprint density at radius 2 is 1.90 bits per heavy atom. The van der Waals surface area contributed by atoms with Crippen molar-refractivity contribution in [3.8, 4) is 0 Å². The number of nitrogens with zero attached hydrogens (tertiary/aromatic N) is 3. The highest BCUT2D eigenvalue weighted by molar-refractivity contribution is 8.01. The van der Waals surface area contributed by atoms with E-state index in [9.17, 15) is 19.7 Å². The number of anilines is 1. The summed E-state index contributed by atoms with van der Waals surface area (Å²) in [7, 11) is 0. The van der Waals surface area contributed by atoms with Crippen LogP contribution in [0.25, 0.3) is 0 Å². The van der Waals surface area contributed by atoms with Crippen molar-refractivity contribution in [1.82, 2.24) is 15.5 Å². The van der Waals surface area contributed by atoms with Crippen LogP contribution in [0.5, 0.6) is 0 Å². The molecule has 0 bridgehead atoms. The molecule has 1 aliphatic rings. The number of nitrogens with one attached hydrogen (secondary N) is 1. The average molecular weight is 323 g/mol. The number of amides is 2. The Morgan fingerprint density at radius 1 is 1.24 bits per heavy atom. The number of benzene rings is 1. The summed E-state index contributed by atoms with van der Waals surface area (Å²) in [4.78, 5) is 33.8. The molecule has 11 heteroatoms. The van der Waals surface area contributed by atoms with Crippen LogP contribution in [0.15, 0.2) is 21.4 Å². The molecule has 3 rings (SSSR count). The number of fused-ring (bicyclic) bond motifs is 1. The van der Waals surface area contributed by atoms with Crippen molar-refractivity contribution >= 4 is 45.7 Å². The van der Waals surface area contributed by atoms with E-state index in [1.54, 1.807) is 0 Å². The van der Waals surface area contributed by atoms with Gasteiger partial charge in [-0.15, -0.1) is 10.2 Å². The minimum Gasteiger partial charge on any atom is -0.374 e. The van der Waals surface area contributed by atoms with Crippen molar-refractivity contribution in [3.05, 3.63) is 33.4 Å². The summed E-state index contributed by atoms with van der Waals surface area (Å²) in [5.41, 5.74) is 5.27. The van der Waals surface area contributed by atoms with Gasteiger partial charge in [-0.3, -0.25) is 25.0 Å². The van der Waals surface area contributed by atoms with Crippen LogP contribution in [0.3, 0.4) is 0 Å². The zero-order valence-electron chi connectivity index (χ0n) is 10.0. The molecule has 2 amide bonds. The van der Waals surface area contributed by atoms with E-state index in [2.05, 4.69) is 15.5 Å². The van der Waals surface area contributed by atoms with Crippen molar-refractivity contribution in [3.63, 3.8) is 0 Å². The molecule has 0 saturated heterocycles. The fourth-order valence-corrected chi connectivity index (χ4v) is 3.48. The van der Waals surface area contributed by atoms with E-state index in [-0.39, 0.29) is 26.8 Å². The SMILES string of the molecule is Nc1nnc(Sc2cc3c(cc2[N+](=O)[O-])C(=O)NC3=O)s1. The van der Waals surface area contributed by atoms with Gasteiger partial charge in [-0.2, -0.15) is 0 Å². The van der Waals surface area contributed by atoms with Crippen molar-refractivity contribution in [2.45, 2.75) is 9.24 Å². The first-order chi connectivity index (χ1) is 9.95. The molecule has 0 atom stereocenters. The van der Waals surface area contributed by atoms with Gasteiger partial charge in [0, 0.05) is 6.07 Å². The normalized spacial score (nSPS) is 13.1. The van der Waals surface area contributed by atoms with Crippen LogP contribution >= 0.6 is 23.1 Å². The molecule has 1 aromatic carbocycles. The predicted molar refractivity (Wildman–Crippen MR) is 73.3 cm³/mol. The third-order valence-corrected chi connectivity index (χ3v) is 4.48. The summed E-state index contributed by atoms with van der Waals surface area (Å²) >= 11 is 2.03. The lowest BCUT2D eigenvalue weighted by molar-refractivity contribution is -0.387. The smallest absolute Gasteiger partial charge is 0.284 e. The number of nitro groups is 1. The standard InChI is InChI=1S/C10H5N5O4S2/c11-9-13-14-10(21-9)20-6-2-4-3(1-5(6)15(18)19)7(16)12-8(4)17/h1-2H,(H2,11,13)(H,12,16,17). The molecule has 2 heterocycles. The zero-order chi connectivity index (χ0) is 15.1. The van der Waals surface area contributed by atoms with Crippen molar-refractivity contribution in [2.24, 2.45) is 0 Å². The first-order valence-corrected chi connectivity index (χ1v) is 7.04. The average Bonchev–Trinajstić information content (AvgIpc) is 2.94.